The number of rotatable bonds is 4. The van der Waals surface area contributed by atoms with Crippen LogP contribution in [-0.2, 0) is 9.59 Å². The fourth-order valence-corrected chi connectivity index (χ4v) is 3.99. The minimum Gasteiger partial charge on any atom is -0.354 e. The van der Waals surface area contributed by atoms with E-state index >= 15 is 0 Å². The zero-order valence-corrected chi connectivity index (χ0v) is 18.1. The maximum Gasteiger partial charge on any atom is 0.321 e. The molecule has 0 bridgehead atoms. The Labute approximate surface area is 191 Å². The zero-order valence-electron chi connectivity index (χ0n) is 18.1. The Hall–Kier alpha value is -3.95. The summed E-state index contributed by atoms with van der Waals surface area (Å²) in [4.78, 5) is 58.3. The van der Waals surface area contributed by atoms with E-state index in [4.69, 9.17) is 0 Å². The van der Waals surface area contributed by atoms with Gasteiger partial charge < -0.3 is 25.8 Å². The molecule has 172 valence electrons. The third-order valence-electron chi connectivity index (χ3n) is 5.77. The first kappa shape index (κ1) is 22.3. The minimum absolute atomic E-state index is 0.00480. The lowest BCUT2D eigenvalue weighted by molar-refractivity contribution is -0.133. The standard InChI is InChI=1S/C23H26N6O4/c30-20-18(9-5-11-25-20)27-21(31)19-15-28(23(33)26-17-7-2-1-3-8-17)12-13-29(19)22(32)16-6-4-10-24-14-16/h1-4,6-8,10,14,18-19H,5,9,11-13,15H2,(H,25,30)(H,26,33)(H,27,31)/t18-,19+/m0/s1. The Bertz CT molecular complexity index is 1020. The van der Waals surface area contributed by atoms with Crippen LogP contribution in [0.5, 0.6) is 0 Å². The number of benzene rings is 1. The van der Waals surface area contributed by atoms with Crippen molar-refractivity contribution < 1.29 is 19.2 Å². The largest absolute Gasteiger partial charge is 0.354 e. The number of hydrogen-bond donors (Lipinski definition) is 3. The number of aromatic nitrogens is 1. The van der Waals surface area contributed by atoms with Crippen molar-refractivity contribution in [2.45, 2.75) is 24.9 Å². The Morgan fingerprint density at radius 2 is 1.88 bits per heavy atom. The van der Waals surface area contributed by atoms with E-state index in [0.717, 1.165) is 6.42 Å². The van der Waals surface area contributed by atoms with Gasteiger partial charge in [0.1, 0.15) is 12.1 Å². The highest BCUT2D eigenvalue weighted by molar-refractivity contribution is 5.99. The molecule has 1 aromatic carbocycles. The first-order valence-corrected chi connectivity index (χ1v) is 10.9. The molecule has 0 spiro atoms. The van der Waals surface area contributed by atoms with Gasteiger partial charge in [-0.25, -0.2) is 4.79 Å². The van der Waals surface area contributed by atoms with Gasteiger partial charge in [0.15, 0.2) is 0 Å². The summed E-state index contributed by atoms with van der Waals surface area (Å²) < 4.78 is 0. The third-order valence-corrected chi connectivity index (χ3v) is 5.77. The minimum atomic E-state index is -0.942. The molecule has 2 aliphatic heterocycles. The number of piperazine rings is 1. The van der Waals surface area contributed by atoms with Crippen LogP contribution < -0.4 is 16.0 Å². The molecule has 10 heteroatoms. The van der Waals surface area contributed by atoms with Crippen molar-refractivity contribution in [2.75, 3.05) is 31.5 Å². The number of amides is 5. The van der Waals surface area contributed by atoms with Crippen molar-refractivity contribution in [1.29, 1.82) is 0 Å². The molecule has 0 radical (unpaired) electrons. The number of pyridine rings is 1. The summed E-state index contributed by atoms with van der Waals surface area (Å²) in [6.45, 7) is 1.02. The molecule has 10 nitrogen and oxygen atoms in total. The van der Waals surface area contributed by atoms with Gasteiger partial charge in [-0.1, -0.05) is 18.2 Å². The summed E-state index contributed by atoms with van der Waals surface area (Å²) in [5.41, 5.74) is 0.990. The fourth-order valence-electron chi connectivity index (χ4n) is 3.99. The lowest BCUT2D eigenvalue weighted by Gasteiger charge is -2.41. The predicted molar refractivity (Wildman–Crippen MR) is 120 cm³/mol. The summed E-state index contributed by atoms with van der Waals surface area (Å²) in [6.07, 6.45) is 4.29. The van der Waals surface area contributed by atoms with E-state index in [1.54, 1.807) is 30.5 Å². The molecule has 1 aromatic heterocycles. The van der Waals surface area contributed by atoms with Crippen LogP contribution in [0.4, 0.5) is 10.5 Å². The second-order valence-electron chi connectivity index (χ2n) is 7.99. The Morgan fingerprint density at radius 1 is 1.06 bits per heavy atom. The van der Waals surface area contributed by atoms with Gasteiger partial charge in [-0.3, -0.25) is 19.4 Å². The van der Waals surface area contributed by atoms with Gasteiger partial charge in [-0.15, -0.1) is 0 Å². The monoisotopic (exact) mass is 450 g/mol. The molecule has 3 heterocycles. The highest BCUT2D eigenvalue weighted by atomic mass is 16.2. The Morgan fingerprint density at radius 3 is 2.61 bits per heavy atom. The fraction of sp³-hybridized carbons (Fsp3) is 0.348. The first-order valence-electron chi connectivity index (χ1n) is 10.9. The summed E-state index contributed by atoms with van der Waals surface area (Å²) in [5.74, 6) is -1.06. The van der Waals surface area contributed by atoms with Gasteiger partial charge in [-0.2, -0.15) is 0 Å². The number of anilines is 1. The van der Waals surface area contributed by atoms with E-state index in [0.29, 0.717) is 24.2 Å². The van der Waals surface area contributed by atoms with Crippen LogP contribution in [0.2, 0.25) is 0 Å². The number of para-hydroxylation sites is 1. The number of hydrogen-bond acceptors (Lipinski definition) is 5. The Balaban J connectivity index is 1.51. The second-order valence-corrected chi connectivity index (χ2v) is 7.99. The summed E-state index contributed by atoms with van der Waals surface area (Å²) >= 11 is 0. The summed E-state index contributed by atoms with van der Waals surface area (Å²) in [5, 5.41) is 8.32. The zero-order chi connectivity index (χ0) is 23.2. The van der Waals surface area contributed by atoms with E-state index < -0.39 is 18.0 Å². The molecule has 0 aliphatic carbocycles. The van der Waals surface area contributed by atoms with Crippen molar-refractivity contribution in [3.63, 3.8) is 0 Å². The molecule has 2 atom stereocenters. The number of carbonyl (C=O) groups is 4. The molecule has 2 aromatic rings. The molecule has 2 fully saturated rings. The van der Waals surface area contributed by atoms with E-state index in [1.807, 2.05) is 18.2 Å². The molecule has 0 saturated carbocycles. The number of nitrogens with zero attached hydrogens (tertiary/aromatic N) is 3. The lowest BCUT2D eigenvalue weighted by Crippen LogP contribution is -2.64. The quantitative estimate of drug-likeness (QED) is 0.637. The topological polar surface area (TPSA) is 124 Å². The molecular formula is C23H26N6O4. The van der Waals surface area contributed by atoms with Gasteiger partial charge in [0.05, 0.1) is 12.1 Å². The second kappa shape index (κ2) is 10.1. The van der Waals surface area contributed by atoms with Crippen molar-refractivity contribution in [3.05, 3.63) is 60.4 Å². The van der Waals surface area contributed by atoms with Crippen LogP contribution >= 0.6 is 0 Å². The normalized spacial score (nSPS) is 20.5. The smallest absolute Gasteiger partial charge is 0.321 e. The van der Waals surface area contributed by atoms with Crippen LogP contribution in [0.1, 0.15) is 23.2 Å². The van der Waals surface area contributed by atoms with Gasteiger partial charge in [0.25, 0.3) is 5.91 Å². The molecule has 2 aliphatic rings. The number of carbonyl (C=O) groups excluding carboxylic acids is 4. The lowest BCUT2D eigenvalue weighted by atomic mass is 10.0. The molecule has 2 saturated heterocycles. The maximum atomic E-state index is 13.2. The van der Waals surface area contributed by atoms with Gasteiger partial charge >= 0.3 is 6.03 Å². The number of piperidine rings is 1. The Kier molecular flexibility index (Phi) is 6.82. The molecular weight excluding hydrogens is 424 g/mol. The van der Waals surface area contributed by atoms with Crippen molar-refractivity contribution in [3.8, 4) is 0 Å². The number of nitrogens with one attached hydrogen (secondary N) is 3. The van der Waals surface area contributed by atoms with Gasteiger partial charge in [-0.05, 0) is 37.1 Å². The predicted octanol–water partition coefficient (Wildman–Crippen LogP) is 0.835. The van der Waals surface area contributed by atoms with E-state index in [2.05, 4.69) is 20.9 Å². The SMILES string of the molecule is O=C1NCCC[C@@H]1NC(=O)[C@H]1CN(C(=O)Nc2ccccc2)CCN1C(=O)c1cccnc1. The van der Waals surface area contributed by atoms with Crippen LogP contribution in [0.25, 0.3) is 0 Å². The molecule has 4 rings (SSSR count). The first-order chi connectivity index (χ1) is 16.0. The summed E-state index contributed by atoms with van der Waals surface area (Å²) in [6, 6.07) is 10.3. The molecule has 5 amide bonds. The maximum absolute atomic E-state index is 13.2. The summed E-state index contributed by atoms with van der Waals surface area (Å²) in [7, 11) is 0. The highest BCUT2D eigenvalue weighted by Crippen LogP contribution is 2.17. The molecule has 0 unspecified atom stereocenters. The van der Waals surface area contributed by atoms with E-state index in [-0.39, 0.29) is 37.5 Å². The average molecular weight is 450 g/mol. The van der Waals surface area contributed by atoms with Crippen LogP contribution in [0, 0.1) is 0 Å². The highest BCUT2D eigenvalue weighted by Gasteiger charge is 2.39. The van der Waals surface area contributed by atoms with E-state index in [9.17, 15) is 19.2 Å². The van der Waals surface area contributed by atoms with Gasteiger partial charge in [0.2, 0.25) is 11.8 Å². The van der Waals surface area contributed by atoms with Crippen LogP contribution in [0.3, 0.4) is 0 Å². The molecule has 33 heavy (non-hydrogen) atoms. The van der Waals surface area contributed by atoms with Crippen molar-refractivity contribution >= 4 is 29.4 Å². The average Bonchev–Trinajstić information content (AvgIpc) is 2.85. The van der Waals surface area contributed by atoms with Crippen LogP contribution in [-0.4, -0.2) is 76.8 Å². The number of urea groups is 1. The van der Waals surface area contributed by atoms with Gasteiger partial charge in [0, 0.05) is 37.7 Å². The van der Waals surface area contributed by atoms with Crippen molar-refractivity contribution in [2.24, 2.45) is 0 Å². The third kappa shape index (κ3) is 5.28. The molecule has 3 N–H and O–H groups in total. The van der Waals surface area contributed by atoms with E-state index in [1.165, 1.54) is 16.0 Å². The van der Waals surface area contributed by atoms with Crippen molar-refractivity contribution in [1.82, 2.24) is 25.4 Å². The van der Waals surface area contributed by atoms with Crippen LogP contribution in [0.15, 0.2) is 54.9 Å².